The van der Waals surface area contributed by atoms with E-state index in [2.05, 4.69) is 17.4 Å². The first kappa shape index (κ1) is 13.3. The lowest BCUT2D eigenvalue weighted by molar-refractivity contribution is 0.0737. The van der Waals surface area contributed by atoms with Crippen molar-refractivity contribution >= 4 is 0 Å². The lowest BCUT2D eigenvalue weighted by Gasteiger charge is -2.40. The van der Waals surface area contributed by atoms with Gasteiger partial charge in [-0.15, -0.1) is 0 Å². The summed E-state index contributed by atoms with van der Waals surface area (Å²) in [4.78, 5) is 0. The van der Waals surface area contributed by atoms with Crippen LogP contribution < -0.4 is 11.2 Å². The molecule has 0 radical (unpaired) electrons. The van der Waals surface area contributed by atoms with Crippen LogP contribution in [0.2, 0.25) is 0 Å². The van der Waals surface area contributed by atoms with Crippen LogP contribution in [-0.4, -0.2) is 30.2 Å². The normalized spacial score (nSPS) is 36.7. The van der Waals surface area contributed by atoms with E-state index in [1.807, 2.05) is 0 Å². The van der Waals surface area contributed by atoms with Gasteiger partial charge < -0.3 is 5.73 Å². The SMILES string of the molecule is CC1CCCC(CN)(NN2CCCCC2)CC1. The molecule has 0 aromatic carbocycles. The molecule has 3 heteroatoms. The van der Waals surface area contributed by atoms with Crippen molar-refractivity contribution in [1.82, 2.24) is 10.4 Å². The fourth-order valence-electron chi connectivity index (χ4n) is 3.28. The van der Waals surface area contributed by atoms with E-state index >= 15 is 0 Å². The highest BCUT2D eigenvalue weighted by Gasteiger charge is 2.32. The zero-order valence-corrected chi connectivity index (χ0v) is 11.4. The van der Waals surface area contributed by atoms with Gasteiger partial charge in [0.2, 0.25) is 0 Å². The van der Waals surface area contributed by atoms with Gasteiger partial charge in [-0.2, -0.15) is 0 Å². The number of hydrogen-bond donors (Lipinski definition) is 2. The molecular formula is C14H29N3. The minimum atomic E-state index is 0.197. The Morgan fingerprint density at radius 1 is 1.12 bits per heavy atom. The molecule has 1 heterocycles. The Hall–Kier alpha value is -0.120. The minimum Gasteiger partial charge on any atom is -0.329 e. The molecule has 0 aromatic heterocycles. The number of nitrogens with one attached hydrogen (secondary N) is 1. The number of hydrazine groups is 1. The van der Waals surface area contributed by atoms with Gasteiger partial charge in [0.15, 0.2) is 0 Å². The Morgan fingerprint density at radius 3 is 2.59 bits per heavy atom. The van der Waals surface area contributed by atoms with Crippen LogP contribution in [0.3, 0.4) is 0 Å². The maximum atomic E-state index is 6.08. The lowest BCUT2D eigenvalue weighted by atomic mass is 9.90. The van der Waals surface area contributed by atoms with Crippen molar-refractivity contribution in [3.63, 3.8) is 0 Å². The van der Waals surface area contributed by atoms with Gasteiger partial charge in [0, 0.05) is 25.2 Å². The van der Waals surface area contributed by atoms with E-state index in [4.69, 9.17) is 5.73 Å². The van der Waals surface area contributed by atoms with Crippen LogP contribution in [-0.2, 0) is 0 Å². The predicted molar refractivity (Wildman–Crippen MR) is 72.6 cm³/mol. The summed E-state index contributed by atoms with van der Waals surface area (Å²) in [6, 6.07) is 0. The Bertz CT molecular complexity index is 226. The highest BCUT2D eigenvalue weighted by atomic mass is 15.5. The second-order valence-corrected chi connectivity index (χ2v) is 6.18. The summed E-state index contributed by atoms with van der Waals surface area (Å²) in [6.07, 6.45) is 10.6. The van der Waals surface area contributed by atoms with Gasteiger partial charge in [0.1, 0.15) is 0 Å². The van der Waals surface area contributed by atoms with Crippen molar-refractivity contribution in [2.24, 2.45) is 11.7 Å². The molecule has 1 aliphatic carbocycles. The summed E-state index contributed by atoms with van der Waals surface area (Å²) in [5.41, 5.74) is 10.1. The van der Waals surface area contributed by atoms with Crippen LogP contribution in [0.5, 0.6) is 0 Å². The maximum Gasteiger partial charge on any atom is 0.0448 e. The number of piperidine rings is 1. The second-order valence-electron chi connectivity index (χ2n) is 6.18. The van der Waals surface area contributed by atoms with E-state index < -0.39 is 0 Å². The molecule has 3 nitrogen and oxygen atoms in total. The first-order valence-corrected chi connectivity index (χ1v) is 7.47. The van der Waals surface area contributed by atoms with Crippen molar-refractivity contribution in [3.05, 3.63) is 0 Å². The lowest BCUT2D eigenvalue weighted by Crippen LogP contribution is -2.59. The standard InChI is InChI=1S/C14H29N3/c1-13-6-5-8-14(12-15,9-7-13)16-17-10-3-2-4-11-17/h13,16H,2-12,15H2,1H3. The summed E-state index contributed by atoms with van der Waals surface area (Å²) in [5.74, 6) is 0.881. The summed E-state index contributed by atoms with van der Waals surface area (Å²) >= 11 is 0. The third-order valence-electron chi connectivity index (χ3n) is 4.61. The van der Waals surface area contributed by atoms with Crippen molar-refractivity contribution in [2.45, 2.75) is 63.8 Å². The molecule has 0 bridgehead atoms. The molecule has 1 saturated carbocycles. The van der Waals surface area contributed by atoms with Crippen molar-refractivity contribution in [1.29, 1.82) is 0 Å². The zero-order valence-electron chi connectivity index (χ0n) is 11.4. The number of rotatable bonds is 3. The summed E-state index contributed by atoms with van der Waals surface area (Å²) < 4.78 is 0. The van der Waals surface area contributed by atoms with E-state index in [0.29, 0.717) is 0 Å². The van der Waals surface area contributed by atoms with Gasteiger partial charge in [0.25, 0.3) is 0 Å². The highest BCUT2D eigenvalue weighted by Crippen LogP contribution is 2.30. The second kappa shape index (κ2) is 6.17. The highest BCUT2D eigenvalue weighted by molar-refractivity contribution is 4.91. The largest absolute Gasteiger partial charge is 0.329 e. The summed E-state index contributed by atoms with van der Waals surface area (Å²) in [6.45, 7) is 5.58. The van der Waals surface area contributed by atoms with Crippen molar-refractivity contribution in [3.8, 4) is 0 Å². The van der Waals surface area contributed by atoms with Crippen molar-refractivity contribution < 1.29 is 0 Å². The van der Waals surface area contributed by atoms with Crippen LogP contribution in [0.25, 0.3) is 0 Å². The molecule has 2 atom stereocenters. The van der Waals surface area contributed by atoms with Gasteiger partial charge in [-0.3, -0.25) is 0 Å². The Balaban J connectivity index is 1.92. The van der Waals surface area contributed by atoms with Crippen LogP contribution in [0.1, 0.15) is 58.3 Å². The molecule has 2 rings (SSSR count). The molecular weight excluding hydrogens is 210 g/mol. The van der Waals surface area contributed by atoms with Gasteiger partial charge in [-0.1, -0.05) is 26.2 Å². The van der Waals surface area contributed by atoms with Gasteiger partial charge >= 0.3 is 0 Å². The van der Waals surface area contributed by atoms with E-state index in [1.54, 1.807) is 0 Å². The zero-order chi connectivity index (χ0) is 12.1. The van der Waals surface area contributed by atoms with E-state index in [9.17, 15) is 0 Å². The summed E-state index contributed by atoms with van der Waals surface area (Å²) in [5, 5.41) is 2.44. The Kier molecular flexibility index (Phi) is 4.83. The first-order chi connectivity index (χ1) is 8.24. The van der Waals surface area contributed by atoms with Crippen LogP contribution in [0.15, 0.2) is 0 Å². The minimum absolute atomic E-state index is 0.197. The fourth-order valence-corrected chi connectivity index (χ4v) is 3.28. The predicted octanol–water partition coefficient (Wildman–Crippen LogP) is 2.27. The molecule has 0 amide bonds. The monoisotopic (exact) mass is 239 g/mol. The van der Waals surface area contributed by atoms with Gasteiger partial charge in [-0.25, -0.2) is 10.4 Å². The van der Waals surface area contributed by atoms with Gasteiger partial charge in [-0.05, 0) is 38.0 Å². The van der Waals surface area contributed by atoms with Crippen molar-refractivity contribution in [2.75, 3.05) is 19.6 Å². The molecule has 17 heavy (non-hydrogen) atoms. The molecule has 1 saturated heterocycles. The average Bonchev–Trinajstić information content (AvgIpc) is 2.54. The van der Waals surface area contributed by atoms with Gasteiger partial charge in [0.05, 0.1) is 0 Å². The number of nitrogens with two attached hydrogens (primary N) is 1. The van der Waals surface area contributed by atoms with E-state index in [1.165, 1.54) is 64.5 Å². The third kappa shape index (κ3) is 3.67. The number of nitrogens with zero attached hydrogens (tertiary/aromatic N) is 1. The fraction of sp³-hybridized carbons (Fsp3) is 1.00. The molecule has 0 aromatic rings. The first-order valence-electron chi connectivity index (χ1n) is 7.47. The smallest absolute Gasteiger partial charge is 0.0448 e. The molecule has 2 aliphatic rings. The molecule has 2 fully saturated rings. The Morgan fingerprint density at radius 2 is 1.88 bits per heavy atom. The van der Waals surface area contributed by atoms with E-state index in [-0.39, 0.29) is 5.54 Å². The molecule has 3 N–H and O–H groups in total. The maximum absolute atomic E-state index is 6.08. The average molecular weight is 239 g/mol. The molecule has 100 valence electrons. The van der Waals surface area contributed by atoms with Crippen LogP contribution in [0, 0.1) is 5.92 Å². The molecule has 1 aliphatic heterocycles. The molecule has 2 unspecified atom stereocenters. The topological polar surface area (TPSA) is 41.3 Å². The number of hydrogen-bond acceptors (Lipinski definition) is 3. The third-order valence-corrected chi connectivity index (χ3v) is 4.61. The van der Waals surface area contributed by atoms with Crippen LogP contribution >= 0.6 is 0 Å². The molecule has 0 spiro atoms. The quantitative estimate of drug-likeness (QED) is 0.742. The van der Waals surface area contributed by atoms with Crippen LogP contribution in [0.4, 0.5) is 0 Å². The van der Waals surface area contributed by atoms with E-state index in [0.717, 1.165) is 12.5 Å². The Labute approximate surface area is 106 Å². The summed E-state index contributed by atoms with van der Waals surface area (Å²) in [7, 11) is 0.